The molecule has 1 aromatic carbocycles. The van der Waals surface area contributed by atoms with Crippen LogP contribution in [-0.4, -0.2) is 17.6 Å². The summed E-state index contributed by atoms with van der Waals surface area (Å²) in [6.45, 7) is -1.81. The van der Waals surface area contributed by atoms with E-state index in [1.165, 1.54) is 0 Å². The molecule has 0 aromatic heterocycles. The minimum atomic E-state index is -4.11. The average Bonchev–Trinajstić information content (AvgIpc) is 2.26. The molecule has 2 nitrogen and oxygen atoms in total. The maximum atomic E-state index is 13.1. The second-order valence-corrected chi connectivity index (χ2v) is 3.28. The Hall–Kier alpha value is -1.28. The summed E-state index contributed by atoms with van der Waals surface area (Å²) in [5.41, 5.74) is 3.16. The number of halogens is 6. The highest BCUT2D eigenvalue weighted by molar-refractivity contribution is 5.27. The summed E-state index contributed by atoms with van der Waals surface area (Å²) in [4.78, 5) is 0. The van der Waals surface area contributed by atoms with Crippen LogP contribution in [0.3, 0.4) is 0 Å². The van der Waals surface area contributed by atoms with Crippen molar-refractivity contribution in [2.75, 3.05) is 6.61 Å². The Morgan fingerprint density at radius 2 is 1.53 bits per heavy atom. The predicted octanol–water partition coefficient (Wildman–Crippen LogP) is 1.87. The van der Waals surface area contributed by atoms with Crippen molar-refractivity contribution in [3.05, 3.63) is 34.9 Å². The number of alkyl halides is 2. The third-order valence-corrected chi connectivity index (χ3v) is 2.12. The number of benzene rings is 1. The smallest absolute Gasteiger partial charge is 0.289 e. The fourth-order valence-electron chi connectivity index (χ4n) is 1.17. The number of hydrogen-bond donors (Lipinski definition) is 2. The van der Waals surface area contributed by atoms with Crippen LogP contribution >= 0.6 is 0 Å². The molecule has 0 radical (unpaired) electrons. The van der Waals surface area contributed by atoms with Crippen molar-refractivity contribution in [3.63, 3.8) is 0 Å². The molecule has 96 valence electrons. The highest BCUT2D eigenvalue weighted by Crippen LogP contribution is 2.33. The maximum Gasteiger partial charge on any atom is 0.289 e. The van der Waals surface area contributed by atoms with E-state index in [1.54, 1.807) is 0 Å². The highest BCUT2D eigenvalue weighted by atomic mass is 19.3. The number of nitrogens with two attached hydrogens (primary N) is 1. The van der Waals surface area contributed by atoms with Gasteiger partial charge in [0.2, 0.25) is 0 Å². The zero-order valence-electron chi connectivity index (χ0n) is 8.15. The lowest BCUT2D eigenvalue weighted by Gasteiger charge is -2.22. The molecule has 3 N–H and O–H groups in total. The van der Waals surface area contributed by atoms with Gasteiger partial charge in [0.25, 0.3) is 5.92 Å². The molecule has 0 saturated carbocycles. The third-order valence-electron chi connectivity index (χ3n) is 2.12. The normalized spacial score (nSPS) is 13.9. The lowest BCUT2D eigenvalue weighted by Crippen LogP contribution is -2.37. The fourth-order valence-corrected chi connectivity index (χ4v) is 1.17. The van der Waals surface area contributed by atoms with E-state index in [0.717, 1.165) is 0 Å². The number of aliphatic hydroxyl groups is 1. The monoisotopic (exact) mass is 259 g/mol. The van der Waals surface area contributed by atoms with Gasteiger partial charge in [-0.3, -0.25) is 0 Å². The van der Waals surface area contributed by atoms with Crippen LogP contribution in [0.2, 0.25) is 0 Å². The van der Waals surface area contributed by atoms with Crippen LogP contribution in [0.5, 0.6) is 0 Å². The Morgan fingerprint density at radius 3 is 1.88 bits per heavy atom. The molecule has 1 aromatic rings. The van der Waals surface area contributed by atoms with Crippen LogP contribution < -0.4 is 5.73 Å². The van der Waals surface area contributed by atoms with Crippen molar-refractivity contribution in [2.45, 2.75) is 12.0 Å². The molecule has 8 heteroatoms. The second kappa shape index (κ2) is 4.53. The van der Waals surface area contributed by atoms with Crippen LogP contribution in [0.15, 0.2) is 6.07 Å². The van der Waals surface area contributed by atoms with E-state index in [2.05, 4.69) is 0 Å². The van der Waals surface area contributed by atoms with Crippen molar-refractivity contribution < 1.29 is 31.4 Å². The quantitative estimate of drug-likeness (QED) is 0.643. The van der Waals surface area contributed by atoms with Crippen LogP contribution in [0.4, 0.5) is 26.3 Å². The summed E-state index contributed by atoms with van der Waals surface area (Å²) in [6, 6.07) is -2.82. The molecule has 0 aliphatic heterocycles. The van der Waals surface area contributed by atoms with Crippen molar-refractivity contribution in [1.29, 1.82) is 0 Å². The molecule has 0 aliphatic rings. The Kier molecular flexibility index (Phi) is 3.68. The number of rotatable bonds is 3. The fraction of sp³-hybridized carbons (Fsp3) is 0.333. The van der Waals surface area contributed by atoms with Crippen LogP contribution in [0, 0.1) is 23.3 Å². The summed E-state index contributed by atoms with van der Waals surface area (Å²) >= 11 is 0. The van der Waals surface area contributed by atoms with Gasteiger partial charge in [-0.1, -0.05) is 0 Å². The standard InChI is InChI=1S/C9H7F6NO/c10-3-1-4(11)7(13)5(6(3)12)8(16)9(14,15)2-17/h1,8,17H,2,16H2/t8-/m1/s1. The summed E-state index contributed by atoms with van der Waals surface area (Å²) < 4.78 is 77.4. The molecular weight excluding hydrogens is 252 g/mol. The zero-order chi connectivity index (χ0) is 13.4. The van der Waals surface area contributed by atoms with Crippen molar-refractivity contribution >= 4 is 0 Å². The molecule has 0 amide bonds. The first-order valence-corrected chi connectivity index (χ1v) is 4.29. The first-order valence-electron chi connectivity index (χ1n) is 4.29. The molecule has 0 unspecified atom stereocenters. The van der Waals surface area contributed by atoms with Crippen LogP contribution in [0.25, 0.3) is 0 Å². The Balaban J connectivity index is 3.41. The second-order valence-electron chi connectivity index (χ2n) is 3.28. The largest absolute Gasteiger partial charge is 0.390 e. The van der Waals surface area contributed by atoms with Gasteiger partial charge in [0, 0.05) is 6.07 Å². The van der Waals surface area contributed by atoms with E-state index in [1.807, 2.05) is 0 Å². The van der Waals surface area contributed by atoms with Crippen LogP contribution in [-0.2, 0) is 0 Å². The van der Waals surface area contributed by atoms with Crippen molar-refractivity contribution in [3.8, 4) is 0 Å². The van der Waals surface area contributed by atoms with Crippen LogP contribution in [0.1, 0.15) is 11.6 Å². The first kappa shape index (κ1) is 13.8. The lowest BCUT2D eigenvalue weighted by atomic mass is 10.00. The first-order chi connectivity index (χ1) is 7.72. The minimum Gasteiger partial charge on any atom is -0.390 e. The Bertz CT molecular complexity index is 410. The molecule has 0 saturated heterocycles. The molecule has 1 rings (SSSR count). The molecule has 0 heterocycles. The van der Waals surface area contributed by atoms with Gasteiger partial charge in [0.1, 0.15) is 12.6 Å². The Labute approximate surface area is 91.7 Å². The van der Waals surface area contributed by atoms with Gasteiger partial charge >= 0.3 is 0 Å². The molecule has 0 bridgehead atoms. The van der Waals surface area contributed by atoms with E-state index < -0.39 is 47.4 Å². The van der Waals surface area contributed by atoms with Gasteiger partial charge in [0.15, 0.2) is 23.3 Å². The van der Waals surface area contributed by atoms with Crippen molar-refractivity contribution in [1.82, 2.24) is 0 Å². The van der Waals surface area contributed by atoms with Gasteiger partial charge in [-0.05, 0) is 0 Å². The van der Waals surface area contributed by atoms with Crippen molar-refractivity contribution in [2.24, 2.45) is 5.73 Å². The average molecular weight is 259 g/mol. The maximum absolute atomic E-state index is 13.1. The number of aliphatic hydroxyl groups excluding tert-OH is 1. The summed E-state index contributed by atoms with van der Waals surface area (Å²) in [5.74, 6) is -11.8. The molecule has 17 heavy (non-hydrogen) atoms. The Morgan fingerprint density at radius 1 is 1.12 bits per heavy atom. The van der Waals surface area contributed by atoms with E-state index in [-0.39, 0.29) is 6.07 Å². The number of hydrogen-bond acceptors (Lipinski definition) is 2. The predicted molar refractivity (Wildman–Crippen MR) is 45.2 cm³/mol. The summed E-state index contributed by atoms with van der Waals surface area (Å²) in [6.07, 6.45) is 0. The summed E-state index contributed by atoms with van der Waals surface area (Å²) in [7, 11) is 0. The van der Waals surface area contributed by atoms with E-state index >= 15 is 0 Å². The SMILES string of the molecule is N[C@H](c1c(F)c(F)cc(F)c1F)C(F)(F)CO. The minimum absolute atomic E-state index is 0.127. The molecule has 1 atom stereocenters. The van der Waals surface area contributed by atoms with Gasteiger partial charge in [-0.15, -0.1) is 0 Å². The topological polar surface area (TPSA) is 46.2 Å². The van der Waals surface area contributed by atoms with E-state index in [9.17, 15) is 26.3 Å². The van der Waals surface area contributed by atoms with Gasteiger partial charge in [-0.25, -0.2) is 26.3 Å². The molecule has 0 spiro atoms. The van der Waals surface area contributed by atoms with E-state index in [4.69, 9.17) is 10.8 Å². The highest BCUT2D eigenvalue weighted by Gasteiger charge is 2.41. The summed E-state index contributed by atoms with van der Waals surface area (Å²) in [5, 5.41) is 8.28. The molecular formula is C9H7F6NO. The molecule has 0 aliphatic carbocycles. The lowest BCUT2D eigenvalue weighted by molar-refractivity contribution is -0.0728. The molecule has 0 fully saturated rings. The van der Waals surface area contributed by atoms with Gasteiger partial charge < -0.3 is 10.8 Å². The van der Waals surface area contributed by atoms with E-state index in [0.29, 0.717) is 0 Å². The van der Waals surface area contributed by atoms with Gasteiger partial charge in [0.05, 0.1) is 5.56 Å². The third kappa shape index (κ3) is 2.37. The van der Waals surface area contributed by atoms with Gasteiger partial charge in [-0.2, -0.15) is 0 Å². The zero-order valence-corrected chi connectivity index (χ0v) is 8.15.